The number of aliphatic hydroxyl groups is 1. The van der Waals surface area contributed by atoms with Crippen LogP contribution in [0.2, 0.25) is 0 Å². The number of aliphatic hydroxyl groups excluding tert-OH is 1. The van der Waals surface area contributed by atoms with Crippen molar-refractivity contribution >= 4 is 15.9 Å². The number of hydrogen-bond donors (Lipinski definition) is 1. The molecule has 0 saturated carbocycles. The van der Waals surface area contributed by atoms with E-state index in [0.717, 1.165) is 6.07 Å². The van der Waals surface area contributed by atoms with E-state index >= 15 is 0 Å². The van der Waals surface area contributed by atoms with E-state index in [9.17, 15) is 8.78 Å². The normalized spacial score (nSPS) is 10.2. The molecule has 1 aromatic carbocycles. The van der Waals surface area contributed by atoms with E-state index in [-0.39, 0.29) is 19.0 Å². The second-order valence-electron chi connectivity index (χ2n) is 2.27. The molecule has 5 heteroatoms. The smallest absolute Gasteiger partial charge is 0.200 e. The molecule has 0 heterocycles. The first kappa shape index (κ1) is 10.4. The van der Waals surface area contributed by atoms with Crippen LogP contribution < -0.4 is 4.74 Å². The van der Waals surface area contributed by atoms with Crippen LogP contribution in [-0.2, 0) is 0 Å². The van der Waals surface area contributed by atoms with Gasteiger partial charge in [0.15, 0.2) is 11.6 Å². The molecular weight excluding hydrogens is 246 g/mol. The third-order valence-electron chi connectivity index (χ3n) is 1.31. The first-order valence-electron chi connectivity index (χ1n) is 3.53. The van der Waals surface area contributed by atoms with Crippen LogP contribution in [-0.4, -0.2) is 18.3 Å². The summed E-state index contributed by atoms with van der Waals surface area (Å²) in [4.78, 5) is 0. The molecule has 0 aliphatic rings. The average molecular weight is 253 g/mol. The summed E-state index contributed by atoms with van der Waals surface area (Å²) in [5.41, 5.74) is 0. The van der Waals surface area contributed by atoms with Gasteiger partial charge in [-0.2, -0.15) is 4.39 Å². The predicted molar refractivity (Wildman–Crippen MR) is 46.6 cm³/mol. The van der Waals surface area contributed by atoms with Crippen molar-refractivity contribution < 1.29 is 18.6 Å². The molecular formula is C8H7BrF2O2. The number of rotatable bonds is 3. The molecule has 0 aliphatic carbocycles. The second kappa shape index (κ2) is 4.53. The van der Waals surface area contributed by atoms with Crippen molar-refractivity contribution in [3.8, 4) is 5.75 Å². The molecule has 0 amide bonds. The lowest BCUT2D eigenvalue weighted by Crippen LogP contribution is -2.04. The van der Waals surface area contributed by atoms with Gasteiger partial charge in [0.1, 0.15) is 6.61 Å². The Bertz CT molecular complexity index is 304. The maximum atomic E-state index is 12.9. The maximum Gasteiger partial charge on any atom is 0.200 e. The lowest BCUT2D eigenvalue weighted by molar-refractivity contribution is 0.195. The summed E-state index contributed by atoms with van der Waals surface area (Å²) in [7, 11) is 0. The minimum atomic E-state index is -1.04. The van der Waals surface area contributed by atoms with Gasteiger partial charge in [0, 0.05) is 4.47 Å². The standard InChI is InChI=1S/C8H7BrF2O2/c9-5-3-6(10)8(11)7(4-5)13-2-1-12/h3-4,12H,1-2H2. The molecule has 0 saturated heterocycles. The van der Waals surface area contributed by atoms with Gasteiger partial charge in [0.05, 0.1) is 6.61 Å². The predicted octanol–water partition coefficient (Wildman–Crippen LogP) is 2.10. The van der Waals surface area contributed by atoms with E-state index in [0.29, 0.717) is 4.47 Å². The van der Waals surface area contributed by atoms with Crippen molar-refractivity contribution in [2.45, 2.75) is 0 Å². The molecule has 0 aliphatic heterocycles. The topological polar surface area (TPSA) is 29.5 Å². The molecule has 1 aromatic rings. The van der Waals surface area contributed by atoms with Gasteiger partial charge in [-0.15, -0.1) is 0 Å². The van der Waals surface area contributed by atoms with Crippen LogP contribution in [0, 0.1) is 11.6 Å². The first-order valence-corrected chi connectivity index (χ1v) is 4.32. The number of benzene rings is 1. The van der Waals surface area contributed by atoms with Crippen LogP contribution in [0.4, 0.5) is 8.78 Å². The third kappa shape index (κ3) is 2.63. The molecule has 72 valence electrons. The third-order valence-corrected chi connectivity index (χ3v) is 1.77. The Hall–Kier alpha value is -0.680. The van der Waals surface area contributed by atoms with Crippen molar-refractivity contribution in [2.75, 3.05) is 13.2 Å². The zero-order valence-electron chi connectivity index (χ0n) is 6.56. The Kier molecular flexibility index (Phi) is 3.62. The monoisotopic (exact) mass is 252 g/mol. The molecule has 2 nitrogen and oxygen atoms in total. The van der Waals surface area contributed by atoms with E-state index < -0.39 is 11.6 Å². The molecule has 0 spiro atoms. The van der Waals surface area contributed by atoms with Crippen LogP contribution in [0.25, 0.3) is 0 Å². The summed E-state index contributed by atoms with van der Waals surface area (Å²) in [6, 6.07) is 2.30. The largest absolute Gasteiger partial charge is 0.488 e. The SMILES string of the molecule is OCCOc1cc(Br)cc(F)c1F. The Labute approximate surface area is 82.3 Å². The van der Waals surface area contributed by atoms with Crippen LogP contribution in [0.3, 0.4) is 0 Å². The van der Waals surface area contributed by atoms with Crippen LogP contribution in [0.15, 0.2) is 16.6 Å². The summed E-state index contributed by atoms with van der Waals surface area (Å²) < 4.78 is 30.8. The van der Waals surface area contributed by atoms with Gasteiger partial charge in [-0.3, -0.25) is 0 Å². The molecule has 0 aromatic heterocycles. The fraction of sp³-hybridized carbons (Fsp3) is 0.250. The van der Waals surface area contributed by atoms with Crippen molar-refractivity contribution in [3.05, 3.63) is 28.2 Å². The van der Waals surface area contributed by atoms with Gasteiger partial charge in [-0.25, -0.2) is 4.39 Å². The van der Waals surface area contributed by atoms with Gasteiger partial charge < -0.3 is 9.84 Å². The summed E-state index contributed by atoms with van der Waals surface area (Å²) in [5, 5.41) is 8.40. The van der Waals surface area contributed by atoms with Crippen molar-refractivity contribution in [1.82, 2.24) is 0 Å². The zero-order chi connectivity index (χ0) is 9.84. The minimum absolute atomic E-state index is 0.0627. The Balaban J connectivity index is 2.92. The molecule has 1 rings (SSSR count). The molecule has 13 heavy (non-hydrogen) atoms. The summed E-state index contributed by atoms with van der Waals surface area (Å²) in [6.07, 6.45) is 0. The van der Waals surface area contributed by atoms with Crippen LogP contribution in [0.5, 0.6) is 5.75 Å². The summed E-state index contributed by atoms with van der Waals surface area (Å²) in [5.74, 6) is -2.24. The fourth-order valence-corrected chi connectivity index (χ4v) is 1.20. The highest BCUT2D eigenvalue weighted by Gasteiger charge is 2.10. The van der Waals surface area contributed by atoms with Gasteiger partial charge >= 0.3 is 0 Å². The number of halogens is 3. The molecule has 0 fully saturated rings. The van der Waals surface area contributed by atoms with Gasteiger partial charge in [-0.1, -0.05) is 15.9 Å². The second-order valence-corrected chi connectivity index (χ2v) is 3.19. The van der Waals surface area contributed by atoms with Crippen molar-refractivity contribution in [1.29, 1.82) is 0 Å². The molecule has 0 bridgehead atoms. The van der Waals surface area contributed by atoms with Crippen LogP contribution >= 0.6 is 15.9 Å². The lowest BCUT2D eigenvalue weighted by atomic mass is 10.3. The van der Waals surface area contributed by atoms with E-state index in [1.54, 1.807) is 0 Å². The van der Waals surface area contributed by atoms with Gasteiger partial charge in [-0.05, 0) is 12.1 Å². The average Bonchev–Trinajstić information content (AvgIpc) is 2.09. The highest BCUT2D eigenvalue weighted by Crippen LogP contribution is 2.25. The van der Waals surface area contributed by atoms with Crippen molar-refractivity contribution in [2.24, 2.45) is 0 Å². The zero-order valence-corrected chi connectivity index (χ0v) is 8.14. The van der Waals surface area contributed by atoms with Gasteiger partial charge in [0.2, 0.25) is 5.82 Å². The van der Waals surface area contributed by atoms with Gasteiger partial charge in [0.25, 0.3) is 0 Å². The highest BCUT2D eigenvalue weighted by atomic mass is 79.9. The number of hydrogen-bond acceptors (Lipinski definition) is 2. The Morgan fingerprint density at radius 2 is 2.08 bits per heavy atom. The van der Waals surface area contributed by atoms with E-state index in [2.05, 4.69) is 15.9 Å². The Morgan fingerprint density at radius 3 is 2.69 bits per heavy atom. The molecule has 0 radical (unpaired) electrons. The lowest BCUT2D eigenvalue weighted by Gasteiger charge is -2.06. The van der Waals surface area contributed by atoms with Crippen LogP contribution in [0.1, 0.15) is 0 Å². The molecule has 1 N–H and O–H groups in total. The van der Waals surface area contributed by atoms with Crippen molar-refractivity contribution in [3.63, 3.8) is 0 Å². The highest BCUT2D eigenvalue weighted by molar-refractivity contribution is 9.10. The minimum Gasteiger partial charge on any atom is -0.488 e. The summed E-state index contributed by atoms with van der Waals surface area (Å²) in [6.45, 7) is -0.305. The molecule has 0 atom stereocenters. The van der Waals surface area contributed by atoms with E-state index in [1.807, 2.05) is 0 Å². The number of ether oxygens (including phenoxy) is 1. The first-order chi connectivity index (χ1) is 6.15. The molecule has 0 unspecified atom stereocenters. The summed E-state index contributed by atoms with van der Waals surface area (Å²) >= 11 is 2.99. The van der Waals surface area contributed by atoms with E-state index in [1.165, 1.54) is 6.07 Å². The maximum absolute atomic E-state index is 12.9. The van der Waals surface area contributed by atoms with E-state index in [4.69, 9.17) is 9.84 Å². The quantitative estimate of drug-likeness (QED) is 0.836. The Morgan fingerprint density at radius 1 is 1.38 bits per heavy atom. The fourth-order valence-electron chi connectivity index (χ4n) is 0.793.